The molecular weight excluding hydrogens is 274 g/mol. The number of nitrogens with one attached hydrogen (secondary N) is 1. The quantitative estimate of drug-likeness (QED) is 0.876. The molecule has 2 aromatic rings. The fraction of sp³-hybridized carbons (Fsp3) is 0.429. The van der Waals surface area contributed by atoms with Crippen LogP contribution in [0.5, 0.6) is 0 Å². The lowest BCUT2D eigenvalue weighted by Gasteiger charge is -2.14. The van der Waals surface area contributed by atoms with Gasteiger partial charge in [-0.05, 0) is 42.7 Å². The minimum absolute atomic E-state index is 0.437. The van der Waals surface area contributed by atoms with Crippen LogP contribution in [0.2, 0.25) is 0 Å². The van der Waals surface area contributed by atoms with Crippen molar-refractivity contribution in [2.24, 2.45) is 0 Å². The van der Waals surface area contributed by atoms with Gasteiger partial charge in [-0.25, -0.2) is 4.98 Å². The first kappa shape index (κ1) is 14.5. The third kappa shape index (κ3) is 3.78. The third-order valence-corrected chi connectivity index (χ3v) is 4.81. The lowest BCUT2D eigenvalue weighted by atomic mass is 10.1. The van der Waals surface area contributed by atoms with Crippen LogP contribution < -0.4 is 5.32 Å². The molecule has 0 spiro atoms. The SMILES string of the molecule is CCc1nsc(Sc2ccc(C(CC)NC)cc2)n1. The Labute approximate surface area is 123 Å². The molecule has 1 aromatic carbocycles. The lowest BCUT2D eigenvalue weighted by molar-refractivity contribution is 0.576. The molecule has 0 amide bonds. The molecule has 0 radical (unpaired) electrons. The number of rotatable bonds is 6. The predicted molar refractivity (Wildman–Crippen MR) is 81.9 cm³/mol. The lowest BCUT2D eigenvalue weighted by Crippen LogP contribution is -2.14. The molecule has 0 saturated heterocycles. The number of hydrogen-bond donors (Lipinski definition) is 1. The van der Waals surface area contributed by atoms with Crippen LogP contribution in [-0.4, -0.2) is 16.4 Å². The summed E-state index contributed by atoms with van der Waals surface area (Å²) in [5, 5.41) is 3.32. The standard InChI is InChI=1S/C14H19N3S2/c1-4-12(15-3)10-6-8-11(9-7-10)18-14-16-13(5-2)17-19-14/h6-9,12,15H,4-5H2,1-3H3. The predicted octanol–water partition coefficient (Wildman–Crippen LogP) is 3.92. The first-order valence-electron chi connectivity index (χ1n) is 6.54. The monoisotopic (exact) mass is 293 g/mol. The van der Waals surface area contributed by atoms with Gasteiger partial charge in [-0.15, -0.1) is 0 Å². The van der Waals surface area contributed by atoms with E-state index in [4.69, 9.17) is 0 Å². The summed E-state index contributed by atoms with van der Waals surface area (Å²) in [5.74, 6) is 0.936. The minimum Gasteiger partial charge on any atom is -0.313 e. The van der Waals surface area contributed by atoms with E-state index in [9.17, 15) is 0 Å². The van der Waals surface area contributed by atoms with Crippen molar-refractivity contribution >= 4 is 23.3 Å². The zero-order valence-corrected chi connectivity index (χ0v) is 13.1. The molecule has 1 N–H and O–H groups in total. The second-order valence-electron chi connectivity index (χ2n) is 4.25. The summed E-state index contributed by atoms with van der Waals surface area (Å²) in [6, 6.07) is 9.14. The molecule has 5 heteroatoms. The second-order valence-corrected chi connectivity index (χ2v) is 6.32. The first-order chi connectivity index (χ1) is 9.26. The fourth-order valence-electron chi connectivity index (χ4n) is 1.90. The second kappa shape index (κ2) is 7.03. The molecule has 1 unspecified atom stereocenters. The van der Waals surface area contributed by atoms with Crippen LogP contribution in [-0.2, 0) is 6.42 Å². The van der Waals surface area contributed by atoms with Crippen molar-refractivity contribution in [3.63, 3.8) is 0 Å². The van der Waals surface area contributed by atoms with Gasteiger partial charge in [0, 0.05) is 17.4 Å². The molecule has 0 aliphatic heterocycles. The molecule has 1 heterocycles. The first-order valence-corrected chi connectivity index (χ1v) is 8.13. The Morgan fingerprint density at radius 2 is 2.00 bits per heavy atom. The number of nitrogens with zero attached hydrogens (tertiary/aromatic N) is 2. The molecule has 1 atom stereocenters. The van der Waals surface area contributed by atoms with E-state index < -0.39 is 0 Å². The van der Waals surface area contributed by atoms with Crippen molar-refractivity contribution in [3.05, 3.63) is 35.7 Å². The van der Waals surface area contributed by atoms with Crippen LogP contribution in [0.1, 0.15) is 37.7 Å². The maximum absolute atomic E-state index is 4.47. The van der Waals surface area contributed by atoms with Gasteiger partial charge in [0.25, 0.3) is 0 Å². The molecule has 0 saturated carbocycles. The summed E-state index contributed by atoms with van der Waals surface area (Å²) < 4.78 is 5.32. The number of aromatic nitrogens is 2. The van der Waals surface area contributed by atoms with Gasteiger partial charge in [-0.3, -0.25) is 0 Å². The zero-order chi connectivity index (χ0) is 13.7. The minimum atomic E-state index is 0.437. The average Bonchev–Trinajstić information content (AvgIpc) is 2.90. The van der Waals surface area contributed by atoms with Crippen LogP contribution in [0.4, 0.5) is 0 Å². The van der Waals surface area contributed by atoms with E-state index in [0.717, 1.165) is 23.0 Å². The molecule has 3 nitrogen and oxygen atoms in total. The van der Waals surface area contributed by atoms with E-state index in [1.54, 1.807) is 11.8 Å². The van der Waals surface area contributed by atoms with Crippen LogP contribution in [0.25, 0.3) is 0 Å². The van der Waals surface area contributed by atoms with Gasteiger partial charge >= 0.3 is 0 Å². The largest absolute Gasteiger partial charge is 0.313 e. The van der Waals surface area contributed by atoms with Gasteiger partial charge in [0.1, 0.15) is 5.82 Å². The van der Waals surface area contributed by atoms with E-state index in [1.807, 2.05) is 7.05 Å². The van der Waals surface area contributed by atoms with Crippen LogP contribution in [0.15, 0.2) is 33.5 Å². The summed E-state index contributed by atoms with van der Waals surface area (Å²) >= 11 is 3.16. The molecule has 0 fully saturated rings. The van der Waals surface area contributed by atoms with Crippen molar-refractivity contribution in [2.75, 3.05) is 7.05 Å². The summed E-state index contributed by atoms with van der Waals surface area (Å²) in [6.45, 7) is 4.27. The van der Waals surface area contributed by atoms with E-state index in [-0.39, 0.29) is 0 Å². The third-order valence-electron chi connectivity index (χ3n) is 3.01. The smallest absolute Gasteiger partial charge is 0.174 e. The van der Waals surface area contributed by atoms with Gasteiger partial charge in [0.15, 0.2) is 4.34 Å². The molecule has 0 aliphatic carbocycles. The Bertz CT molecular complexity index is 504. The van der Waals surface area contributed by atoms with Crippen molar-refractivity contribution in [1.29, 1.82) is 0 Å². The highest BCUT2D eigenvalue weighted by Gasteiger charge is 2.08. The van der Waals surface area contributed by atoms with Gasteiger partial charge < -0.3 is 5.32 Å². The maximum atomic E-state index is 4.47. The van der Waals surface area contributed by atoms with Crippen molar-refractivity contribution < 1.29 is 0 Å². The number of benzene rings is 1. The molecule has 0 bridgehead atoms. The summed E-state index contributed by atoms with van der Waals surface area (Å²) in [5.41, 5.74) is 1.33. The highest BCUT2D eigenvalue weighted by Crippen LogP contribution is 2.30. The molecule has 102 valence electrons. The molecule has 19 heavy (non-hydrogen) atoms. The topological polar surface area (TPSA) is 37.8 Å². The molecular formula is C14H19N3S2. The van der Waals surface area contributed by atoms with Crippen molar-refractivity contribution in [1.82, 2.24) is 14.7 Å². The van der Waals surface area contributed by atoms with Gasteiger partial charge in [-0.1, -0.05) is 37.7 Å². The molecule has 1 aromatic heterocycles. The van der Waals surface area contributed by atoms with Crippen molar-refractivity contribution in [3.8, 4) is 0 Å². The maximum Gasteiger partial charge on any atom is 0.174 e. The Morgan fingerprint density at radius 3 is 2.53 bits per heavy atom. The number of hydrogen-bond acceptors (Lipinski definition) is 5. The van der Waals surface area contributed by atoms with E-state index >= 15 is 0 Å². The Hall–Kier alpha value is -0.910. The molecule has 2 rings (SSSR count). The summed E-state index contributed by atoms with van der Waals surface area (Å²) in [4.78, 5) is 5.69. The fourth-order valence-corrected chi connectivity index (χ4v) is 3.57. The van der Waals surface area contributed by atoms with Gasteiger partial charge in [-0.2, -0.15) is 4.37 Å². The van der Waals surface area contributed by atoms with E-state index in [1.165, 1.54) is 22.0 Å². The highest BCUT2D eigenvalue weighted by atomic mass is 32.2. The molecule has 0 aliphatic rings. The highest BCUT2D eigenvalue weighted by molar-refractivity contribution is 8.01. The van der Waals surface area contributed by atoms with Crippen molar-refractivity contribution in [2.45, 2.75) is 42.0 Å². The zero-order valence-electron chi connectivity index (χ0n) is 11.5. The van der Waals surface area contributed by atoms with Crippen LogP contribution >= 0.6 is 23.3 Å². The summed E-state index contributed by atoms with van der Waals surface area (Å²) in [6.07, 6.45) is 2.00. The van der Waals surface area contributed by atoms with E-state index in [2.05, 4.69) is 52.8 Å². The Morgan fingerprint density at radius 1 is 1.26 bits per heavy atom. The van der Waals surface area contributed by atoms with Gasteiger partial charge in [0.2, 0.25) is 0 Å². The summed E-state index contributed by atoms with van der Waals surface area (Å²) in [7, 11) is 2.00. The van der Waals surface area contributed by atoms with Crippen LogP contribution in [0, 0.1) is 0 Å². The Kier molecular flexibility index (Phi) is 5.36. The number of aryl methyl sites for hydroxylation is 1. The van der Waals surface area contributed by atoms with Gasteiger partial charge in [0.05, 0.1) is 0 Å². The average molecular weight is 293 g/mol. The Balaban J connectivity index is 2.06. The van der Waals surface area contributed by atoms with E-state index in [0.29, 0.717) is 6.04 Å². The normalized spacial score (nSPS) is 12.6. The van der Waals surface area contributed by atoms with Crippen LogP contribution in [0.3, 0.4) is 0 Å².